The number of aromatic nitrogens is 1. The summed E-state index contributed by atoms with van der Waals surface area (Å²) in [7, 11) is 0. The van der Waals surface area contributed by atoms with E-state index >= 15 is 0 Å². The Labute approximate surface area is 110 Å². The van der Waals surface area contributed by atoms with E-state index in [0.717, 1.165) is 11.4 Å². The molecule has 0 saturated carbocycles. The van der Waals surface area contributed by atoms with Gasteiger partial charge in [0.05, 0.1) is 5.01 Å². The maximum absolute atomic E-state index is 6.24. The van der Waals surface area contributed by atoms with E-state index in [0.29, 0.717) is 0 Å². The molecule has 0 saturated heterocycles. The highest BCUT2D eigenvalue weighted by molar-refractivity contribution is 7.09. The van der Waals surface area contributed by atoms with Gasteiger partial charge in [-0.05, 0) is 22.4 Å². The molecule has 2 N–H and O–H groups in total. The highest BCUT2D eigenvalue weighted by Gasteiger charge is 2.09. The Balaban J connectivity index is 1.89. The number of hydrogen-bond donors (Lipinski definition) is 1. The Morgan fingerprint density at radius 2 is 1.94 bits per heavy atom. The molecule has 2 nitrogen and oxygen atoms in total. The van der Waals surface area contributed by atoms with Crippen LogP contribution in [0.1, 0.15) is 16.6 Å². The first kappa shape index (κ1) is 11.4. The van der Waals surface area contributed by atoms with Gasteiger partial charge in [0.25, 0.3) is 0 Å². The van der Waals surface area contributed by atoms with Crippen LogP contribution in [-0.2, 0) is 6.42 Å². The third-order valence-electron chi connectivity index (χ3n) is 3.08. The lowest BCUT2D eigenvalue weighted by atomic mass is 10.0. The molecule has 18 heavy (non-hydrogen) atoms. The predicted octanol–water partition coefficient (Wildman–Crippen LogP) is 3.54. The SMILES string of the molecule is NC(Cc1nccs1)c1ccc2ccccc2c1. The van der Waals surface area contributed by atoms with E-state index < -0.39 is 0 Å². The van der Waals surface area contributed by atoms with Gasteiger partial charge < -0.3 is 5.73 Å². The fourth-order valence-electron chi connectivity index (χ4n) is 2.10. The number of hydrogen-bond acceptors (Lipinski definition) is 3. The highest BCUT2D eigenvalue weighted by Crippen LogP contribution is 2.22. The largest absolute Gasteiger partial charge is 0.324 e. The van der Waals surface area contributed by atoms with Crippen LogP contribution in [0, 0.1) is 0 Å². The molecular weight excluding hydrogens is 240 g/mol. The summed E-state index contributed by atoms with van der Waals surface area (Å²) in [5.41, 5.74) is 7.41. The van der Waals surface area contributed by atoms with Crippen LogP contribution in [0.4, 0.5) is 0 Å². The van der Waals surface area contributed by atoms with Crippen molar-refractivity contribution in [3.8, 4) is 0 Å². The first-order chi connectivity index (χ1) is 8.83. The number of benzene rings is 2. The maximum atomic E-state index is 6.24. The Morgan fingerprint density at radius 1 is 1.11 bits per heavy atom. The van der Waals surface area contributed by atoms with Gasteiger partial charge in [0.2, 0.25) is 0 Å². The third kappa shape index (κ3) is 2.28. The molecule has 90 valence electrons. The van der Waals surface area contributed by atoms with Crippen molar-refractivity contribution in [2.24, 2.45) is 5.73 Å². The van der Waals surface area contributed by atoms with Gasteiger partial charge in [0, 0.05) is 24.0 Å². The van der Waals surface area contributed by atoms with Crippen LogP contribution in [-0.4, -0.2) is 4.98 Å². The molecule has 0 radical (unpaired) electrons. The van der Waals surface area contributed by atoms with Crippen molar-refractivity contribution in [1.29, 1.82) is 0 Å². The van der Waals surface area contributed by atoms with E-state index in [9.17, 15) is 0 Å². The van der Waals surface area contributed by atoms with Crippen LogP contribution in [0.5, 0.6) is 0 Å². The number of nitrogens with zero attached hydrogens (tertiary/aromatic N) is 1. The summed E-state index contributed by atoms with van der Waals surface area (Å²) in [5, 5.41) is 5.57. The Morgan fingerprint density at radius 3 is 2.72 bits per heavy atom. The zero-order valence-electron chi connectivity index (χ0n) is 9.91. The van der Waals surface area contributed by atoms with Crippen LogP contribution in [0.2, 0.25) is 0 Å². The van der Waals surface area contributed by atoms with Gasteiger partial charge in [0.15, 0.2) is 0 Å². The quantitative estimate of drug-likeness (QED) is 0.776. The second-order valence-corrected chi connectivity index (χ2v) is 5.32. The average molecular weight is 254 g/mol. The summed E-state index contributed by atoms with van der Waals surface area (Å²) >= 11 is 1.66. The van der Waals surface area contributed by atoms with Crippen LogP contribution in [0.25, 0.3) is 10.8 Å². The van der Waals surface area contributed by atoms with Crippen molar-refractivity contribution in [3.63, 3.8) is 0 Å². The molecule has 0 aliphatic carbocycles. The van der Waals surface area contributed by atoms with Crippen molar-refractivity contribution in [3.05, 3.63) is 64.6 Å². The van der Waals surface area contributed by atoms with E-state index in [4.69, 9.17) is 5.73 Å². The van der Waals surface area contributed by atoms with Gasteiger partial charge in [-0.15, -0.1) is 11.3 Å². The fourth-order valence-corrected chi connectivity index (χ4v) is 2.77. The molecular formula is C15H14N2S. The Kier molecular flexibility index (Phi) is 3.09. The minimum Gasteiger partial charge on any atom is -0.324 e. The van der Waals surface area contributed by atoms with E-state index in [-0.39, 0.29) is 6.04 Å². The number of fused-ring (bicyclic) bond motifs is 1. The smallest absolute Gasteiger partial charge is 0.0943 e. The number of rotatable bonds is 3. The van der Waals surface area contributed by atoms with Crippen LogP contribution in [0.15, 0.2) is 54.0 Å². The summed E-state index contributed by atoms with van der Waals surface area (Å²) in [6.07, 6.45) is 2.63. The van der Waals surface area contributed by atoms with E-state index in [1.807, 2.05) is 11.6 Å². The molecule has 3 heteroatoms. The number of nitrogens with two attached hydrogens (primary N) is 1. The molecule has 3 rings (SSSR count). The van der Waals surface area contributed by atoms with Gasteiger partial charge in [-0.2, -0.15) is 0 Å². The summed E-state index contributed by atoms with van der Waals surface area (Å²) in [5.74, 6) is 0. The van der Waals surface area contributed by atoms with Gasteiger partial charge in [-0.1, -0.05) is 36.4 Å². The van der Waals surface area contributed by atoms with Gasteiger partial charge in [0.1, 0.15) is 0 Å². The lowest BCUT2D eigenvalue weighted by Gasteiger charge is -2.11. The van der Waals surface area contributed by atoms with Crippen molar-refractivity contribution >= 4 is 22.1 Å². The summed E-state index contributed by atoms with van der Waals surface area (Å²) in [6.45, 7) is 0. The van der Waals surface area contributed by atoms with Gasteiger partial charge in [-0.3, -0.25) is 0 Å². The first-order valence-corrected chi connectivity index (χ1v) is 6.83. The molecule has 0 aliphatic rings. The van der Waals surface area contributed by atoms with Crippen molar-refractivity contribution in [1.82, 2.24) is 4.98 Å². The topological polar surface area (TPSA) is 38.9 Å². The highest BCUT2D eigenvalue weighted by atomic mass is 32.1. The molecule has 0 fully saturated rings. The molecule has 3 aromatic rings. The standard InChI is InChI=1S/C15H14N2S/c16-14(10-15-17-7-8-18-15)13-6-5-11-3-1-2-4-12(11)9-13/h1-9,14H,10,16H2. The molecule has 1 aromatic heterocycles. The molecule has 0 bridgehead atoms. The van der Waals surface area contributed by atoms with Crippen molar-refractivity contribution in [2.45, 2.75) is 12.5 Å². The summed E-state index contributed by atoms with van der Waals surface area (Å²) < 4.78 is 0. The minimum absolute atomic E-state index is 0.0146. The lowest BCUT2D eigenvalue weighted by molar-refractivity contribution is 0.719. The monoisotopic (exact) mass is 254 g/mol. The average Bonchev–Trinajstić information content (AvgIpc) is 2.91. The molecule has 1 heterocycles. The molecule has 0 amide bonds. The van der Waals surface area contributed by atoms with E-state index in [1.165, 1.54) is 16.3 Å². The van der Waals surface area contributed by atoms with Crippen molar-refractivity contribution < 1.29 is 0 Å². The predicted molar refractivity (Wildman–Crippen MR) is 76.7 cm³/mol. The van der Waals surface area contributed by atoms with E-state index in [2.05, 4.69) is 47.4 Å². The zero-order valence-corrected chi connectivity index (χ0v) is 10.7. The Bertz CT molecular complexity index is 646. The van der Waals surface area contributed by atoms with Gasteiger partial charge in [-0.25, -0.2) is 4.98 Å². The molecule has 0 aliphatic heterocycles. The second kappa shape index (κ2) is 4.88. The fraction of sp³-hybridized carbons (Fsp3) is 0.133. The minimum atomic E-state index is 0.0146. The van der Waals surface area contributed by atoms with Crippen LogP contribution < -0.4 is 5.73 Å². The summed E-state index contributed by atoms with van der Waals surface area (Å²) in [4.78, 5) is 4.28. The first-order valence-electron chi connectivity index (χ1n) is 5.95. The number of thiazole rings is 1. The molecule has 0 spiro atoms. The normalized spacial score (nSPS) is 12.7. The molecule has 2 aromatic carbocycles. The van der Waals surface area contributed by atoms with Crippen LogP contribution >= 0.6 is 11.3 Å². The Hall–Kier alpha value is -1.71. The maximum Gasteiger partial charge on any atom is 0.0943 e. The lowest BCUT2D eigenvalue weighted by Crippen LogP contribution is -2.13. The van der Waals surface area contributed by atoms with Crippen LogP contribution in [0.3, 0.4) is 0 Å². The molecule has 1 unspecified atom stereocenters. The van der Waals surface area contributed by atoms with E-state index in [1.54, 1.807) is 11.3 Å². The van der Waals surface area contributed by atoms with Gasteiger partial charge >= 0.3 is 0 Å². The molecule has 1 atom stereocenters. The van der Waals surface area contributed by atoms with Crippen molar-refractivity contribution in [2.75, 3.05) is 0 Å². The summed E-state index contributed by atoms with van der Waals surface area (Å²) in [6, 6.07) is 14.8. The second-order valence-electron chi connectivity index (χ2n) is 4.34. The third-order valence-corrected chi connectivity index (χ3v) is 3.88. The zero-order chi connectivity index (χ0) is 12.4.